The van der Waals surface area contributed by atoms with E-state index in [0.717, 1.165) is 12.2 Å². The number of hydrogen-bond donors (Lipinski definition) is 1. The lowest BCUT2D eigenvalue weighted by atomic mass is 10.1. The summed E-state index contributed by atoms with van der Waals surface area (Å²) >= 11 is 1.25. The number of benzene rings is 1. The summed E-state index contributed by atoms with van der Waals surface area (Å²) in [5.41, 5.74) is 1.32. The van der Waals surface area contributed by atoms with Crippen LogP contribution in [0.2, 0.25) is 0 Å². The van der Waals surface area contributed by atoms with Gasteiger partial charge in [0.1, 0.15) is 10.8 Å². The second kappa shape index (κ2) is 6.47. The Kier molecular flexibility index (Phi) is 4.66. The first kappa shape index (κ1) is 13.0. The van der Waals surface area contributed by atoms with E-state index < -0.39 is 0 Å². The van der Waals surface area contributed by atoms with E-state index in [1.54, 1.807) is 0 Å². The lowest BCUT2D eigenvalue weighted by molar-refractivity contribution is 0.280. The minimum Gasteiger partial charge on any atom is -0.430 e. The summed E-state index contributed by atoms with van der Waals surface area (Å²) in [4.78, 5) is 0. The normalized spacial score (nSPS) is 10.6. The topological polar surface area (TPSA) is 55.2 Å². The van der Waals surface area contributed by atoms with E-state index >= 15 is 0 Å². The van der Waals surface area contributed by atoms with Crippen LogP contribution in [0.3, 0.4) is 0 Å². The summed E-state index contributed by atoms with van der Waals surface area (Å²) in [5.74, 6) is 0.746. The number of ether oxygens (including phenoxy) is 1. The predicted octanol–water partition coefficient (Wildman–Crippen LogP) is 3.17. The third kappa shape index (κ3) is 3.51. The van der Waals surface area contributed by atoms with E-state index in [9.17, 15) is 0 Å². The molecule has 0 atom stereocenters. The monoisotopic (exact) mass is 264 g/mol. The van der Waals surface area contributed by atoms with E-state index in [4.69, 9.17) is 9.84 Å². The highest BCUT2D eigenvalue weighted by Crippen LogP contribution is 2.25. The molecule has 0 aliphatic rings. The van der Waals surface area contributed by atoms with E-state index in [-0.39, 0.29) is 6.61 Å². The molecule has 0 unspecified atom stereocenters. The Morgan fingerprint density at radius 3 is 2.61 bits per heavy atom. The average Bonchev–Trinajstić information content (AvgIpc) is 2.86. The number of unbranched alkanes of at least 4 members (excludes halogenated alkanes) is 1. The molecule has 0 saturated carbocycles. The summed E-state index contributed by atoms with van der Waals surface area (Å²) in [6, 6.07) is 8.01. The van der Waals surface area contributed by atoms with Crippen molar-refractivity contribution in [3.8, 4) is 10.9 Å². The standard InChI is InChI=1S/C13H16N2O2S/c1-2-3-4-10-5-7-11(8-6-10)17-13-15-14-12(9-16)18-13/h5-8,16H,2-4,9H2,1H3. The van der Waals surface area contributed by atoms with Crippen LogP contribution in [0.5, 0.6) is 10.9 Å². The van der Waals surface area contributed by atoms with Crippen LogP contribution in [0.1, 0.15) is 30.3 Å². The van der Waals surface area contributed by atoms with E-state index in [0.29, 0.717) is 10.2 Å². The smallest absolute Gasteiger partial charge is 0.299 e. The van der Waals surface area contributed by atoms with Gasteiger partial charge in [0.2, 0.25) is 0 Å². The Labute approximate surface area is 110 Å². The van der Waals surface area contributed by atoms with E-state index in [1.807, 2.05) is 12.1 Å². The number of aromatic nitrogens is 2. The average molecular weight is 264 g/mol. The molecule has 0 radical (unpaired) electrons. The molecule has 1 N–H and O–H groups in total. The molecular formula is C13H16N2O2S. The van der Waals surface area contributed by atoms with Crippen LogP contribution < -0.4 is 4.74 Å². The fraction of sp³-hybridized carbons (Fsp3) is 0.385. The number of rotatable bonds is 6. The first-order valence-corrected chi connectivity index (χ1v) is 6.83. The molecular weight excluding hydrogens is 248 g/mol. The van der Waals surface area contributed by atoms with Crippen molar-refractivity contribution in [3.05, 3.63) is 34.8 Å². The Balaban J connectivity index is 1.97. The van der Waals surface area contributed by atoms with Gasteiger partial charge in [0.15, 0.2) is 0 Å². The second-order valence-corrected chi connectivity index (χ2v) is 4.99. The number of aliphatic hydroxyl groups is 1. The van der Waals surface area contributed by atoms with Crippen molar-refractivity contribution in [1.29, 1.82) is 0 Å². The molecule has 0 spiro atoms. The lowest BCUT2D eigenvalue weighted by Crippen LogP contribution is -1.86. The van der Waals surface area contributed by atoms with Gasteiger partial charge >= 0.3 is 0 Å². The van der Waals surface area contributed by atoms with E-state index in [2.05, 4.69) is 29.3 Å². The molecule has 0 amide bonds. The molecule has 0 bridgehead atoms. The third-order valence-corrected chi connectivity index (χ3v) is 3.32. The maximum absolute atomic E-state index is 8.89. The van der Waals surface area contributed by atoms with Crippen molar-refractivity contribution in [2.75, 3.05) is 0 Å². The van der Waals surface area contributed by atoms with Gasteiger partial charge in [0.25, 0.3) is 5.19 Å². The van der Waals surface area contributed by atoms with Crippen molar-refractivity contribution < 1.29 is 9.84 Å². The van der Waals surface area contributed by atoms with Gasteiger partial charge in [0.05, 0.1) is 6.61 Å². The Bertz CT molecular complexity index is 482. The van der Waals surface area contributed by atoms with Gasteiger partial charge in [-0.05, 0) is 30.5 Å². The highest BCUT2D eigenvalue weighted by Gasteiger charge is 2.05. The van der Waals surface area contributed by atoms with Gasteiger partial charge in [-0.1, -0.05) is 41.9 Å². The van der Waals surface area contributed by atoms with E-state index in [1.165, 1.54) is 29.7 Å². The van der Waals surface area contributed by atoms with Crippen molar-refractivity contribution in [2.24, 2.45) is 0 Å². The van der Waals surface area contributed by atoms with Crippen LogP contribution >= 0.6 is 11.3 Å². The zero-order valence-corrected chi connectivity index (χ0v) is 11.1. The van der Waals surface area contributed by atoms with Gasteiger partial charge in [-0.2, -0.15) is 0 Å². The van der Waals surface area contributed by atoms with Crippen LogP contribution in [-0.2, 0) is 13.0 Å². The van der Waals surface area contributed by atoms with Crippen LogP contribution in [-0.4, -0.2) is 15.3 Å². The molecule has 96 valence electrons. The molecule has 4 nitrogen and oxygen atoms in total. The number of aryl methyl sites for hydroxylation is 1. The maximum Gasteiger partial charge on any atom is 0.299 e. The van der Waals surface area contributed by atoms with Crippen molar-refractivity contribution >= 4 is 11.3 Å². The molecule has 2 rings (SSSR count). The quantitative estimate of drug-likeness (QED) is 0.870. The molecule has 0 aliphatic heterocycles. The summed E-state index contributed by atoms with van der Waals surface area (Å²) in [6.45, 7) is 2.09. The number of nitrogens with zero attached hydrogens (tertiary/aromatic N) is 2. The summed E-state index contributed by atoms with van der Waals surface area (Å²) in [7, 11) is 0. The first-order valence-electron chi connectivity index (χ1n) is 6.02. The third-order valence-electron chi connectivity index (χ3n) is 2.53. The molecule has 5 heteroatoms. The van der Waals surface area contributed by atoms with Gasteiger partial charge in [-0.15, -0.1) is 5.10 Å². The Morgan fingerprint density at radius 2 is 2.00 bits per heavy atom. The molecule has 1 aromatic carbocycles. The molecule has 0 saturated heterocycles. The Morgan fingerprint density at radius 1 is 1.22 bits per heavy atom. The molecule has 0 aliphatic carbocycles. The summed E-state index contributed by atoms with van der Waals surface area (Å²) in [6.07, 6.45) is 3.51. The van der Waals surface area contributed by atoms with Gasteiger partial charge in [-0.25, -0.2) is 0 Å². The predicted molar refractivity (Wildman–Crippen MR) is 71.0 cm³/mol. The largest absolute Gasteiger partial charge is 0.430 e. The van der Waals surface area contributed by atoms with Crippen molar-refractivity contribution in [2.45, 2.75) is 32.8 Å². The van der Waals surface area contributed by atoms with Crippen LogP contribution in [0, 0.1) is 0 Å². The van der Waals surface area contributed by atoms with Gasteiger partial charge in [-0.3, -0.25) is 0 Å². The van der Waals surface area contributed by atoms with Crippen LogP contribution in [0.4, 0.5) is 0 Å². The lowest BCUT2D eigenvalue weighted by Gasteiger charge is -2.03. The first-order chi connectivity index (χ1) is 8.81. The fourth-order valence-electron chi connectivity index (χ4n) is 1.55. The summed E-state index contributed by atoms with van der Waals surface area (Å²) in [5, 5.41) is 17.5. The van der Waals surface area contributed by atoms with Gasteiger partial charge < -0.3 is 9.84 Å². The molecule has 0 fully saturated rings. The number of aliphatic hydroxyl groups excluding tert-OH is 1. The SMILES string of the molecule is CCCCc1ccc(Oc2nnc(CO)s2)cc1. The minimum atomic E-state index is -0.100. The zero-order valence-electron chi connectivity index (χ0n) is 10.3. The van der Waals surface area contributed by atoms with Crippen LogP contribution in [0.25, 0.3) is 0 Å². The molecule has 1 heterocycles. The van der Waals surface area contributed by atoms with Crippen molar-refractivity contribution in [1.82, 2.24) is 10.2 Å². The summed E-state index contributed by atoms with van der Waals surface area (Å²) < 4.78 is 5.55. The molecule has 18 heavy (non-hydrogen) atoms. The second-order valence-electron chi connectivity index (χ2n) is 3.97. The highest BCUT2D eigenvalue weighted by molar-refractivity contribution is 7.13. The highest BCUT2D eigenvalue weighted by atomic mass is 32.1. The molecule has 1 aromatic heterocycles. The maximum atomic E-state index is 8.89. The number of hydrogen-bond acceptors (Lipinski definition) is 5. The van der Waals surface area contributed by atoms with Crippen LogP contribution in [0.15, 0.2) is 24.3 Å². The van der Waals surface area contributed by atoms with Gasteiger partial charge in [0, 0.05) is 0 Å². The fourth-order valence-corrected chi connectivity index (χ4v) is 2.12. The van der Waals surface area contributed by atoms with Crippen molar-refractivity contribution in [3.63, 3.8) is 0 Å². The molecule has 2 aromatic rings. The zero-order chi connectivity index (χ0) is 12.8. The minimum absolute atomic E-state index is 0.100. The Hall–Kier alpha value is -1.46.